The van der Waals surface area contributed by atoms with Crippen LogP contribution in [0.3, 0.4) is 0 Å². The highest BCUT2D eigenvalue weighted by molar-refractivity contribution is 14.2. The number of hydrogen-bond acceptors (Lipinski definition) is 3. The second-order valence-corrected chi connectivity index (χ2v) is 17.0. The lowest BCUT2D eigenvalue weighted by Crippen LogP contribution is -2.16. The molecule has 0 N–H and O–H groups in total. The van der Waals surface area contributed by atoms with Gasteiger partial charge in [0.25, 0.3) is 0 Å². The molecule has 49 heavy (non-hydrogen) atoms. The average molecular weight is 745 g/mol. The number of rotatable bonds is 3. The fraction of sp³-hybridized carbons (Fsp3) is 0.133. The Labute approximate surface area is 295 Å². The van der Waals surface area contributed by atoms with Crippen molar-refractivity contribution in [1.82, 2.24) is 0 Å². The van der Waals surface area contributed by atoms with Crippen LogP contribution in [0, 0.1) is 0 Å². The number of fused-ring (bicyclic) bond motifs is 10. The predicted molar refractivity (Wildman–Crippen MR) is 213 cm³/mol. The van der Waals surface area contributed by atoms with Crippen LogP contribution >= 0.6 is 20.7 Å². The van der Waals surface area contributed by atoms with Crippen molar-refractivity contribution in [2.45, 2.75) is 38.5 Å². The van der Waals surface area contributed by atoms with Crippen molar-refractivity contribution in [3.63, 3.8) is 0 Å². The van der Waals surface area contributed by atoms with Gasteiger partial charge in [0.2, 0.25) is 0 Å². The Morgan fingerprint density at radius 3 is 1.94 bits per heavy atom. The fourth-order valence-corrected chi connectivity index (χ4v) is 10.8. The molecular weight excluding hydrogens is 711 g/mol. The largest absolute Gasteiger partial charge is 0.456 e. The van der Waals surface area contributed by atoms with E-state index in [1.54, 1.807) is 0 Å². The Morgan fingerprint density at radius 2 is 1.14 bits per heavy atom. The summed E-state index contributed by atoms with van der Waals surface area (Å²) < 4.78 is 9.08. The van der Waals surface area contributed by atoms with Gasteiger partial charge in [0.1, 0.15) is 18.5 Å². The van der Waals surface area contributed by atoms with Gasteiger partial charge in [-0.1, -0.05) is 131 Å². The number of benzene rings is 6. The summed E-state index contributed by atoms with van der Waals surface area (Å²) in [4.78, 5) is 10.5. The van der Waals surface area contributed by atoms with E-state index in [0.717, 1.165) is 40.9 Å². The quantitative estimate of drug-likeness (QED) is 0.166. The molecule has 1 aromatic heterocycles. The second-order valence-electron chi connectivity index (χ2n) is 14.4. The summed E-state index contributed by atoms with van der Waals surface area (Å²) in [7, 11) is 0. The van der Waals surface area contributed by atoms with E-state index in [4.69, 9.17) is 14.4 Å². The molecule has 0 saturated heterocycles. The maximum atomic E-state index is 6.84. The number of furan rings is 1. The topological polar surface area (TPSA) is 37.9 Å². The smallest absolute Gasteiger partial charge is 0.161 e. The molecule has 0 unspecified atom stereocenters. The lowest BCUT2D eigenvalue weighted by atomic mass is 9.82. The van der Waals surface area contributed by atoms with Gasteiger partial charge in [0.15, 0.2) is 5.84 Å². The molecule has 0 saturated carbocycles. The Bertz CT molecular complexity index is 2650. The zero-order valence-electron chi connectivity index (χ0n) is 27.8. The molecule has 0 radical (unpaired) electrons. The van der Waals surface area contributed by atoms with Crippen molar-refractivity contribution in [2.75, 3.05) is 0 Å². The normalized spacial score (nSPS) is 16.6. The number of aliphatic imine (C=N–C) groups is 2. The zero-order valence-corrected chi connectivity index (χ0v) is 30.0. The van der Waals surface area contributed by atoms with Gasteiger partial charge in [-0.15, -0.1) is 0 Å². The monoisotopic (exact) mass is 744 g/mol. The minimum Gasteiger partial charge on any atom is -0.456 e. The second kappa shape index (κ2) is 10.3. The third-order valence-corrected chi connectivity index (χ3v) is 13.6. The van der Waals surface area contributed by atoms with Gasteiger partial charge in [0.05, 0.1) is 0 Å². The molecule has 236 valence electrons. The van der Waals surface area contributed by atoms with Gasteiger partial charge in [-0.25, -0.2) is 9.98 Å². The van der Waals surface area contributed by atoms with Crippen molar-refractivity contribution in [3.05, 3.63) is 166 Å². The first-order valence-corrected chi connectivity index (χ1v) is 19.0. The molecule has 3 aliphatic rings. The first kappa shape index (κ1) is 29.0. The standard InChI is InChI=1S/C45H33IN2O/c1-44(2)35-16-10-8-14-29(35)31-20-18-27(24-37(31)44)41-46-42(48-43(47-41)26-12-6-5-7-13-26)28-19-21-32-34-23-22-33-30-15-9-11-17-36(30)45(3,4)39(33)40(34)49-38(32)25-28/h5-25H,1-4H3. The molecule has 0 fully saturated rings. The van der Waals surface area contributed by atoms with E-state index in [9.17, 15) is 0 Å². The number of nitrogens with zero attached hydrogens (tertiary/aromatic N) is 2. The van der Waals surface area contributed by atoms with Crippen LogP contribution in [0.5, 0.6) is 0 Å². The minimum atomic E-state index is -0.688. The number of halogens is 1. The molecule has 7 aromatic rings. The van der Waals surface area contributed by atoms with E-state index in [1.807, 2.05) is 6.07 Å². The van der Waals surface area contributed by atoms with E-state index in [0.29, 0.717) is 0 Å². The van der Waals surface area contributed by atoms with E-state index < -0.39 is 20.7 Å². The summed E-state index contributed by atoms with van der Waals surface area (Å²) >= 11 is -0.688. The summed E-state index contributed by atoms with van der Waals surface area (Å²) in [6.07, 6.45) is 0. The van der Waals surface area contributed by atoms with Gasteiger partial charge in [-0.3, -0.25) is 0 Å². The van der Waals surface area contributed by atoms with Gasteiger partial charge in [0, 0.05) is 43.9 Å². The molecule has 3 nitrogen and oxygen atoms in total. The summed E-state index contributed by atoms with van der Waals surface area (Å²) in [5, 5.41) is 2.31. The van der Waals surface area contributed by atoms with Crippen molar-refractivity contribution < 1.29 is 4.42 Å². The highest BCUT2D eigenvalue weighted by Crippen LogP contribution is 2.53. The molecule has 6 aromatic carbocycles. The van der Waals surface area contributed by atoms with Gasteiger partial charge in [-0.05, 0) is 83.9 Å². The summed E-state index contributed by atoms with van der Waals surface area (Å²) in [6, 6.07) is 46.1. The molecule has 0 bridgehead atoms. The van der Waals surface area contributed by atoms with Crippen LogP contribution in [0.1, 0.15) is 66.6 Å². The van der Waals surface area contributed by atoms with E-state index in [2.05, 4.69) is 149 Å². The van der Waals surface area contributed by atoms with Crippen LogP contribution in [0.2, 0.25) is 0 Å². The van der Waals surface area contributed by atoms with Gasteiger partial charge in [-0.2, -0.15) is 0 Å². The van der Waals surface area contributed by atoms with Crippen molar-refractivity contribution in [3.8, 4) is 22.3 Å². The van der Waals surface area contributed by atoms with Crippen molar-refractivity contribution >= 4 is 55.9 Å². The SMILES string of the molecule is CC1(C)c2ccccc2-c2ccc(C3=NC(c4ccccc4)=NC(c4ccc5c(c4)oc4c6c(ccc45)-c4ccccc4C6(C)C)=I3)cc21. The summed E-state index contributed by atoms with van der Waals surface area (Å²) in [5.74, 6) is 0.765. The highest BCUT2D eigenvalue weighted by Gasteiger charge is 2.38. The molecular formula is C45H33IN2O. The predicted octanol–water partition coefficient (Wildman–Crippen LogP) is 11.6. The first-order chi connectivity index (χ1) is 23.8. The van der Waals surface area contributed by atoms with Gasteiger partial charge < -0.3 is 4.42 Å². The van der Waals surface area contributed by atoms with Gasteiger partial charge >= 0.3 is 0 Å². The van der Waals surface area contributed by atoms with E-state index in [1.165, 1.54) is 55.5 Å². The Balaban J connectivity index is 1.12. The van der Waals surface area contributed by atoms with Crippen LogP contribution < -0.4 is 0 Å². The van der Waals surface area contributed by atoms with Crippen LogP contribution in [0.15, 0.2) is 142 Å². The Hall–Kier alpha value is -4.94. The van der Waals surface area contributed by atoms with Crippen LogP contribution in [0.4, 0.5) is 0 Å². The Morgan fingerprint density at radius 1 is 0.510 bits per heavy atom. The molecule has 0 atom stereocenters. The molecule has 10 rings (SSSR count). The molecule has 2 aliphatic carbocycles. The van der Waals surface area contributed by atoms with E-state index in [-0.39, 0.29) is 10.8 Å². The molecule has 2 heterocycles. The van der Waals surface area contributed by atoms with Crippen molar-refractivity contribution in [2.24, 2.45) is 9.98 Å². The van der Waals surface area contributed by atoms with Crippen LogP contribution in [-0.4, -0.2) is 13.2 Å². The lowest BCUT2D eigenvalue weighted by Gasteiger charge is -2.22. The number of amidine groups is 1. The molecule has 0 amide bonds. The maximum Gasteiger partial charge on any atom is 0.161 e. The number of hydrogen-bond donors (Lipinski definition) is 0. The molecule has 1 aliphatic heterocycles. The highest BCUT2D eigenvalue weighted by atomic mass is 127. The lowest BCUT2D eigenvalue weighted by molar-refractivity contribution is 0.620. The van der Waals surface area contributed by atoms with Crippen molar-refractivity contribution in [1.29, 1.82) is 0 Å². The van der Waals surface area contributed by atoms with Crippen LogP contribution in [0.25, 0.3) is 44.2 Å². The zero-order chi connectivity index (χ0) is 33.1. The summed E-state index contributed by atoms with van der Waals surface area (Å²) in [5.41, 5.74) is 15.6. The molecule has 0 spiro atoms. The fourth-order valence-electron chi connectivity index (χ4n) is 8.34. The molecule has 4 heteroatoms. The average Bonchev–Trinajstić information content (AvgIpc) is 3.71. The third kappa shape index (κ3) is 4.16. The third-order valence-electron chi connectivity index (χ3n) is 10.8. The Kier molecular flexibility index (Phi) is 6.09. The first-order valence-electron chi connectivity index (χ1n) is 16.9. The summed E-state index contributed by atoms with van der Waals surface area (Å²) in [6.45, 7) is 9.31. The van der Waals surface area contributed by atoms with E-state index >= 15 is 0 Å². The minimum absolute atomic E-state index is 0.0686. The van der Waals surface area contributed by atoms with Crippen LogP contribution in [-0.2, 0) is 10.8 Å². The maximum absolute atomic E-state index is 6.84.